The molecule has 0 aromatic heterocycles. The van der Waals surface area contributed by atoms with Crippen LogP contribution in [0.2, 0.25) is 0 Å². The third-order valence-corrected chi connectivity index (χ3v) is 2.66. The minimum Gasteiger partial charge on any atom is -0.460 e. The summed E-state index contributed by atoms with van der Waals surface area (Å²) in [4.78, 5) is 15.9. The molecule has 1 saturated heterocycles. The standard InChI is InChI=1S/C12H20N2O2.2C2H6/c1-4-6-13-7-9-14(10-8-13)12(15)11(3)16-5-2;2*1-2/h5H,2-4,6-10H2,1H3;2*1-2H3. The van der Waals surface area contributed by atoms with Gasteiger partial charge in [0.2, 0.25) is 0 Å². The molecule has 0 saturated carbocycles. The van der Waals surface area contributed by atoms with Gasteiger partial charge in [0, 0.05) is 26.2 Å². The molecule has 0 unspecified atom stereocenters. The Morgan fingerprint density at radius 2 is 1.65 bits per heavy atom. The van der Waals surface area contributed by atoms with Crippen LogP contribution in [0, 0.1) is 0 Å². The van der Waals surface area contributed by atoms with Crippen LogP contribution in [0.15, 0.2) is 25.2 Å². The summed E-state index contributed by atoms with van der Waals surface area (Å²) in [6.07, 6.45) is 2.38. The Labute approximate surface area is 125 Å². The number of ether oxygens (including phenoxy) is 1. The first-order valence-corrected chi connectivity index (χ1v) is 7.67. The Balaban J connectivity index is 0. The van der Waals surface area contributed by atoms with E-state index in [1.54, 1.807) is 4.90 Å². The fourth-order valence-electron chi connectivity index (χ4n) is 1.82. The molecule has 0 aromatic rings. The van der Waals surface area contributed by atoms with Crippen LogP contribution in [0.25, 0.3) is 0 Å². The molecule has 0 atom stereocenters. The second-order valence-corrected chi connectivity index (χ2v) is 3.84. The molecular weight excluding hydrogens is 252 g/mol. The predicted molar refractivity (Wildman–Crippen MR) is 86.4 cm³/mol. The second-order valence-electron chi connectivity index (χ2n) is 3.84. The molecule has 0 bridgehead atoms. The maximum absolute atomic E-state index is 11.8. The molecule has 0 spiro atoms. The van der Waals surface area contributed by atoms with E-state index in [1.807, 2.05) is 27.7 Å². The normalized spacial score (nSPS) is 14.2. The fraction of sp³-hybridized carbons (Fsp3) is 0.688. The Bertz CT molecular complexity index is 270. The van der Waals surface area contributed by atoms with Crippen LogP contribution in [0.4, 0.5) is 0 Å². The maximum Gasteiger partial charge on any atom is 0.288 e. The smallest absolute Gasteiger partial charge is 0.288 e. The van der Waals surface area contributed by atoms with E-state index in [-0.39, 0.29) is 11.7 Å². The number of carbonyl (C=O) groups excluding carboxylic acids is 1. The van der Waals surface area contributed by atoms with Crippen molar-refractivity contribution in [3.05, 3.63) is 25.2 Å². The number of amides is 1. The fourth-order valence-corrected chi connectivity index (χ4v) is 1.82. The molecule has 0 aromatic carbocycles. The largest absolute Gasteiger partial charge is 0.460 e. The molecular formula is C16H32N2O2. The molecule has 0 aliphatic carbocycles. The number of hydrogen-bond acceptors (Lipinski definition) is 3. The van der Waals surface area contributed by atoms with Crippen molar-refractivity contribution in [1.29, 1.82) is 0 Å². The molecule has 118 valence electrons. The van der Waals surface area contributed by atoms with Crippen LogP contribution in [-0.2, 0) is 9.53 Å². The van der Waals surface area contributed by atoms with Gasteiger partial charge in [0.1, 0.15) is 0 Å². The van der Waals surface area contributed by atoms with Gasteiger partial charge in [0.05, 0.1) is 6.26 Å². The first-order valence-electron chi connectivity index (χ1n) is 7.67. The van der Waals surface area contributed by atoms with Crippen LogP contribution < -0.4 is 0 Å². The summed E-state index contributed by atoms with van der Waals surface area (Å²) in [7, 11) is 0. The van der Waals surface area contributed by atoms with Crippen molar-refractivity contribution >= 4 is 5.91 Å². The van der Waals surface area contributed by atoms with Crippen molar-refractivity contribution in [2.45, 2.75) is 41.0 Å². The molecule has 1 aliphatic rings. The maximum atomic E-state index is 11.8. The van der Waals surface area contributed by atoms with E-state index in [2.05, 4.69) is 25.0 Å². The van der Waals surface area contributed by atoms with E-state index in [4.69, 9.17) is 4.74 Å². The molecule has 0 radical (unpaired) electrons. The Kier molecular flexibility index (Phi) is 14.8. The van der Waals surface area contributed by atoms with E-state index >= 15 is 0 Å². The number of piperazine rings is 1. The van der Waals surface area contributed by atoms with Crippen LogP contribution in [0.3, 0.4) is 0 Å². The van der Waals surface area contributed by atoms with E-state index in [0.29, 0.717) is 0 Å². The summed E-state index contributed by atoms with van der Waals surface area (Å²) in [5.74, 6) is 0.0231. The average molecular weight is 284 g/mol. The van der Waals surface area contributed by atoms with E-state index in [0.717, 1.165) is 39.1 Å². The highest BCUT2D eigenvalue weighted by Crippen LogP contribution is 2.07. The van der Waals surface area contributed by atoms with Gasteiger partial charge >= 0.3 is 0 Å². The lowest BCUT2D eigenvalue weighted by molar-refractivity contribution is -0.131. The first kappa shape index (κ1) is 21.0. The molecule has 1 amide bonds. The lowest BCUT2D eigenvalue weighted by atomic mass is 10.3. The predicted octanol–water partition coefficient (Wildman–Crippen LogP) is 3.27. The number of rotatable bonds is 5. The van der Waals surface area contributed by atoms with Gasteiger partial charge in [0.15, 0.2) is 5.76 Å². The number of hydrogen-bond donors (Lipinski definition) is 0. The number of carbonyl (C=O) groups is 1. The Hall–Kier alpha value is -1.29. The second kappa shape index (κ2) is 14.1. The van der Waals surface area contributed by atoms with Gasteiger partial charge in [-0.1, -0.05) is 47.8 Å². The van der Waals surface area contributed by atoms with Crippen molar-refractivity contribution in [2.75, 3.05) is 32.7 Å². The van der Waals surface area contributed by atoms with Crippen LogP contribution >= 0.6 is 0 Å². The number of nitrogens with zero attached hydrogens (tertiary/aromatic N) is 2. The summed E-state index contributed by atoms with van der Waals surface area (Å²) in [5.41, 5.74) is 0. The molecule has 1 rings (SSSR count). The van der Waals surface area contributed by atoms with Gasteiger partial charge in [-0.2, -0.15) is 0 Å². The van der Waals surface area contributed by atoms with E-state index in [9.17, 15) is 4.79 Å². The molecule has 0 N–H and O–H groups in total. The highest BCUT2D eigenvalue weighted by molar-refractivity contribution is 5.91. The minimum absolute atomic E-state index is 0.129. The summed E-state index contributed by atoms with van der Waals surface area (Å²) in [6.45, 7) is 21.6. The van der Waals surface area contributed by atoms with Crippen molar-refractivity contribution in [3.63, 3.8) is 0 Å². The van der Waals surface area contributed by atoms with Crippen LogP contribution in [0.5, 0.6) is 0 Å². The summed E-state index contributed by atoms with van der Waals surface area (Å²) in [5, 5.41) is 0. The van der Waals surface area contributed by atoms with Gasteiger partial charge in [-0.3, -0.25) is 9.69 Å². The van der Waals surface area contributed by atoms with Gasteiger partial charge < -0.3 is 9.64 Å². The third kappa shape index (κ3) is 8.00. The van der Waals surface area contributed by atoms with Crippen LogP contribution in [0.1, 0.15) is 41.0 Å². The van der Waals surface area contributed by atoms with Gasteiger partial charge in [-0.25, -0.2) is 0 Å². The van der Waals surface area contributed by atoms with E-state index < -0.39 is 0 Å². The Morgan fingerprint density at radius 3 is 2.05 bits per heavy atom. The van der Waals surface area contributed by atoms with Crippen molar-refractivity contribution in [3.8, 4) is 0 Å². The average Bonchev–Trinajstić information content (AvgIpc) is 2.52. The molecule has 1 aliphatic heterocycles. The monoisotopic (exact) mass is 284 g/mol. The minimum atomic E-state index is -0.129. The van der Waals surface area contributed by atoms with Crippen molar-refractivity contribution < 1.29 is 9.53 Å². The highest BCUT2D eigenvalue weighted by Gasteiger charge is 2.22. The van der Waals surface area contributed by atoms with E-state index in [1.165, 1.54) is 6.26 Å². The molecule has 4 nitrogen and oxygen atoms in total. The topological polar surface area (TPSA) is 32.8 Å². The zero-order valence-corrected chi connectivity index (χ0v) is 13.9. The van der Waals surface area contributed by atoms with Crippen molar-refractivity contribution in [1.82, 2.24) is 9.80 Å². The summed E-state index contributed by atoms with van der Waals surface area (Å²) in [6, 6.07) is 0. The summed E-state index contributed by atoms with van der Waals surface area (Å²) < 4.78 is 4.90. The molecule has 1 heterocycles. The van der Waals surface area contributed by atoms with Gasteiger partial charge in [-0.15, -0.1) is 0 Å². The van der Waals surface area contributed by atoms with Gasteiger partial charge in [-0.05, 0) is 13.0 Å². The lowest BCUT2D eigenvalue weighted by Gasteiger charge is -2.34. The molecule has 4 heteroatoms. The first-order chi connectivity index (χ1) is 9.69. The van der Waals surface area contributed by atoms with Gasteiger partial charge in [0.25, 0.3) is 5.91 Å². The zero-order chi connectivity index (χ0) is 16.0. The quantitative estimate of drug-likeness (QED) is 0.574. The summed E-state index contributed by atoms with van der Waals surface area (Å²) >= 11 is 0. The third-order valence-electron chi connectivity index (χ3n) is 2.66. The molecule has 20 heavy (non-hydrogen) atoms. The Morgan fingerprint density at radius 1 is 1.15 bits per heavy atom. The SMILES string of the molecule is C=COC(=C)C(=O)N1CCN(CCC)CC1.CC.CC. The van der Waals surface area contributed by atoms with Crippen molar-refractivity contribution in [2.24, 2.45) is 0 Å². The zero-order valence-electron chi connectivity index (χ0n) is 13.9. The van der Waals surface area contributed by atoms with Crippen LogP contribution in [-0.4, -0.2) is 48.4 Å². The lowest BCUT2D eigenvalue weighted by Crippen LogP contribution is -2.49. The highest BCUT2D eigenvalue weighted by atomic mass is 16.5. The molecule has 1 fully saturated rings.